The van der Waals surface area contributed by atoms with Crippen LogP contribution in [0.1, 0.15) is 12.8 Å². The molecule has 0 radical (unpaired) electrons. The Morgan fingerprint density at radius 3 is 3.17 bits per heavy atom. The number of anilines is 1. The predicted molar refractivity (Wildman–Crippen MR) is 62.6 cm³/mol. The van der Waals surface area contributed by atoms with E-state index in [0.717, 1.165) is 6.42 Å². The molecule has 2 aromatic rings. The van der Waals surface area contributed by atoms with E-state index in [0.29, 0.717) is 24.6 Å². The number of hydrogen-bond acceptors (Lipinski definition) is 4. The van der Waals surface area contributed by atoms with Gasteiger partial charge < -0.3 is 10.6 Å². The standard InChI is InChI=1S/C11H12FN5O/c12-7-1-3-9-15-11(16-17(9)6-7)14-8-2-4-10(18)13-5-8/h1,3,6,8H,2,4-5H2,(H,13,18)(H,14,16). The lowest BCUT2D eigenvalue weighted by molar-refractivity contribution is -0.122. The number of nitrogens with zero attached hydrogens (tertiary/aromatic N) is 3. The highest BCUT2D eigenvalue weighted by Gasteiger charge is 2.19. The van der Waals surface area contributed by atoms with Gasteiger partial charge in [-0.2, -0.15) is 4.98 Å². The molecular formula is C11H12FN5O. The van der Waals surface area contributed by atoms with Gasteiger partial charge in [0.25, 0.3) is 0 Å². The average Bonchev–Trinajstić information content (AvgIpc) is 2.73. The zero-order chi connectivity index (χ0) is 12.5. The second-order valence-electron chi connectivity index (χ2n) is 4.27. The first-order valence-electron chi connectivity index (χ1n) is 5.76. The van der Waals surface area contributed by atoms with Gasteiger partial charge in [0, 0.05) is 19.0 Å². The molecule has 2 aromatic heterocycles. The summed E-state index contributed by atoms with van der Waals surface area (Å²) in [7, 11) is 0. The molecule has 1 aliphatic heterocycles. The van der Waals surface area contributed by atoms with Gasteiger partial charge in [-0.15, -0.1) is 5.10 Å². The van der Waals surface area contributed by atoms with Crippen molar-refractivity contribution >= 4 is 17.5 Å². The van der Waals surface area contributed by atoms with Crippen LogP contribution in [0.5, 0.6) is 0 Å². The van der Waals surface area contributed by atoms with Crippen LogP contribution < -0.4 is 10.6 Å². The van der Waals surface area contributed by atoms with Gasteiger partial charge in [0.2, 0.25) is 11.9 Å². The van der Waals surface area contributed by atoms with Gasteiger partial charge in [-0.3, -0.25) is 4.79 Å². The molecule has 1 aliphatic rings. The predicted octanol–water partition coefficient (Wildman–Crippen LogP) is 0.559. The van der Waals surface area contributed by atoms with Crippen molar-refractivity contribution in [3.8, 4) is 0 Å². The largest absolute Gasteiger partial charge is 0.354 e. The maximum absolute atomic E-state index is 13.0. The normalized spacial score (nSPS) is 19.8. The number of pyridine rings is 1. The Morgan fingerprint density at radius 1 is 1.50 bits per heavy atom. The van der Waals surface area contributed by atoms with Crippen molar-refractivity contribution in [3.05, 3.63) is 24.1 Å². The number of amides is 1. The first-order chi connectivity index (χ1) is 8.70. The molecule has 0 saturated carbocycles. The van der Waals surface area contributed by atoms with E-state index in [9.17, 15) is 9.18 Å². The molecular weight excluding hydrogens is 237 g/mol. The maximum atomic E-state index is 13.0. The fourth-order valence-electron chi connectivity index (χ4n) is 1.96. The molecule has 1 fully saturated rings. The van der Waals surface area contributed by atoms with Crippen molar-refractivity contribution < 1.29 is 9.18 Å². The zero-order valence-corrected chi connectivity index (χ0v) is 9.56. The monoisotopic (exact) mass is 249 g/mol. The van der Waals surface area contributed by atoms with Crippen LogP contribution in [0.4, 0.5) is 10.3 Å². The van der Waals surface area contributed by atoms with Crippen molar-refractivity contribution in [2.45, 2.75) is 18.9 Å². The molecule has 6 nitrogen and oxygen atoms in total. The number of hydrogen-bond donors (Lipinski definition) is 2. The van der Waals surface area contributed by atoms with Gasteiger partial charge in [-0.25, -0.2) is 8.91 Å². The van der Waals surface area contributed by atoms with E-state index in [1.54, 1.807) is 6.07 Å². The topological polar surface area (TPSA) is 71.3 Å². The molecule has 3 rings (SSSR count). The number of rotatable bonds is 2. The molecule has 0 spiro atoms. The highest BCUT2D eigenvalue weighted by atomic mass is 19.1. The zero-order valence-electron chi connectivity index (χ0n) is 9.56. The summed E-state index contributed by atoms with van der Waals surface area (Å²) >= 11 is 0. The molecule has 0 bridgehead atoms. The Labute approximate surface area is 102 Å². The fraction of sp³-hybridized carbons (Fsp3) is 0.364. The number of aromatic nitrogens is 3. The van der Waals surface area contributed by atoms with Crippen LogP contribution in [0, 0.1) is 5.82 Å². The maximum Gasteiger partial charge on any atom is 0.243 e. The molecule has 1 saturated heterocycles. The Morgan fingerprint density at radius 2 is 2.39 bits per heavy atom. The Kier molecular flexibility index (Phi) is 2.58. The summed E-state index contributed by atoms with van der Waals surface area (Å²) in [5.41, 5.74) is 0.582. The van der Waals surface area contributed by atoms with Gasteiger partial charge in [-0.05, 0) is 18.6 Å². The van der Waals surface area contributed by atoms with Crippen LogP contribution >= 0.6 is 0 Å². The first kappa shape index (κ1) is 10.9. The fourth-order valence-corrected chi connectivity index (χ4v) is 1.96. The smallest absolute Gasteiger partial charge is 0.243 e. The lowest BCUT2D eigenvalue weighted by Crippen LogP contribution is -2.42. The van der Waals surface area contributed by atoms with Crippen LogP contribution in [0.3, 0.4) is 0 Å². The minimum Gasteiger partial charge on any atom is -0.354 e. The molecule has 18 heavy (non-hydrogen) atoms. The van der Waals surface area contributed by atoms with Gasteiger partial charge >= 0.3 is 0 Å². The third-order valence-corrected chi connectivity index (χ3v) is 2.89. The SMILES string of the molecule is O=C1CCC(Nc2nc3ccc(F)cn3n2)CN1. The molecule has 2 N–H and O–H groups in total. The van der Waals surface area contributed by atoms with Crippen LogP contribution in [0.15, 0.2) is 18.3 Å². The van der Waals surface area contributed by atoms with E-state index in [-0.39, 0.29) is 17.8 Å². The number of fused-ring (bicyclic) bond motifs is 1. The van der Waals surface area contributed by atoms with Gasteiger partial charge in [0.05, 0.1) is 6.20 Å². The van der Waals surface area contributed by atoms with E-state index in [2.05, 4.69) is 20.7 Å². The van der Waals surface area contributed by atoms with Crippen molar-refractivity contribution in [2.75, 3.05) is 11.9 Å². The van der Waals surface area contributed by atoms with Crippen LogP contribution in [0.2, 0.25) is 0 Å². The van der Waals surface area contributed by atoms with Gasteiger partial charge in [0.1, 0.15) is 5.82 Å². The highest BCUT2D eigenvalue weighted by Crippen LogP contribution is 2.11. The van der Waals surface area contributed by atoms with E-state index in [1.165, 1.54) is 16.8 Å². The summed E-state index contributed by atoms with van der Waals surface area (Å²) in [5.74, 6) is 0.156. The summed E-state index contributed by atoms with van der Waals surface area (Å²) in [6, 6.07) is 3.02. The van der Waals surface area contributed by atoms with Crippen molar-refractivity contribution in [2.24, 2.45) is 0 Å². The van der Waals surface area contributed by atoms with Crippen molar-refractivity contribution in [1.82, 2.24) is 19.9 Å². The average molecular weight is 249 g/mol. The molecule has 1 unspecified atom stereocenters. The molecule has 0 aromatic carbocycles. The van der Waals surface area contributed by atoms with Gasteiger partial charge in [0.15, 0.2) is 5.65 Å². The summed E-state index contributed by atoms with van der Waals surface area (Å²) in [6.45, 7) is 0.558. The minimum atomic E-state index is -0.358. The first-order valence-corrected chi connectivity index (χ1v) is 5.76. The van der Waals surface area contributed by atoms with Gasteiger partial charge in [-0.1, -0.05) is 0 Å². The van der Waals surface area contributed by atoms with Crippen LogP contribution in [-0.2, 0) is 4.79 Å². The molecule has 1 amide bonds. The molecule has 3 heterocycles. The van der Waals surface area contributed by atoms with Crippen LogP contribution in [0.25, 0.3) is 5.65 Å². The van der Waals surface area contributed by atoms with Crippen molar-refractivity contribution in [1.29, 1.82) is 0 Å². The highest BCUT2D eigenvalue weighted by molar-refractivity contribution is 5.76. The Bertz CT molecular complexity index is 586. The lowest BCUT2D eigenvalue weighted by Gasteiger charge is -2.22. The quantitative estimate of drug-likeness (QED) is 0.815. The number of carbonyl (C=O) groups is 1. The molecule has 0 aliphatic carbocycles. The lowest BCUT2D eigenvalue weighted by atomic mass is 10.1. The second-order valence-corrected chi connectivity index (χ2v) is 4.27. The summed E-state index contributed by atoms with van der Waals surface area (Å²) in [6.07, 6.45) is 2.52. The third-order valence-electron chi connectivity index (χ3n) is 2.89. The molecule has 94 valence electrons. The minimum absolute atomic E-state index is 0.0677. The third kappa shape index (κ3) is 2.11. The number of carbonyl (C=O) groups excluding carboxylic acids is 1. The Hall–Kier alpha value is -2.18. The Balaban J connectivity index is 1.76. The van der Waals surface area contributed by atoms with E-state index < -0.39 is 0 Å². The molecule has 1 atom stereocenters. The summed E-state index contributed by atoms with van der Waals surface area (Å²) in [4.78, 5) is 15.3. The number of nitrogens with one attached hydrogen (secondary N) is 2. The summed E-state index contributed by atoms with van der Waals surface area (Å²) < 4.78 is 14.4. The second kappa shape index (κ2) is 4.25. The van der Waals surface area contributed by atoms with Crippen molar-refractivity contribution in [3.63, 3.8) is 0 Å². The van der Waals surface area contributed by atoms with E-state index in [1.807, 2.05) is 0 Å². The molecule has 7 heteroatoms. The van der Waals surface area contributed by atoms with E-state index in [4.69, 9.17) is 0 Å². The van der Waals surface area contributed by atoms with E-state index >= 15 is 0 Å². The number of halogens is 1. The number of piperidine rings is 1. The van der Waals surface area contributed by atoms with Crippen LogP contribution in [-0.4, -0.2) is 33.1 Å². The summed E-state index contributed by atoms with van der Waals surface area (Å²) in [5, 5.41) is 10.0.